The molecule has 108 valence electrons. The van der Waals surface area contributed by atoms with Gasteiger partial charge in [-0.2, -0.15) is 0 Å². The summed E-state index contributed by atoms with van der Waals surface area (Å²) in [6, 6.07) is 5.87. The summed E-state index contributed by atoms with van der Waals surface area (Å²) < 4.78 is 31.2. The smallest absolute Gasteiger partial charge is 0.344 e. The maximum atomic E-state index is 13.1. The van der Waals surface area contributed by atoms with E-state index in [2.05, 4.69) is 0 Å². The summed E-state index contributed by atoms with van der Waals surface area (Å²) >= 11 is 1.72. The van der Waals surface area contributed by atoms with Gasteiger partial charge in [-0.15, -0.1) is 0 Å². The third-order valence-electron chi connectivity index (χ3n) is 2.47. The summed E-state index contributed by atoms with van der Waals surface area (Å²) in [7, 11) is 0. The quantitative estimate of drug-likeness (QED) is 0.257. The van der Waals surface area contributed by atoms with Crippen LogP contribution < -0.4 is 4.74 Å². The van der Waals surface area contributed by atoms with Crippen LogP contribution in [0.4, 0.5) is 14.5 Å². The molecular weight excluding hydrogens is 399 g/mol. The monoisotopic (exact) mass is 405 g/mol. The number of nitro groups is 1. The third kappa shape index (κ3) is 3.51. The molecular formula is C13H6F2INO4. The normalized spacial score (nSPS) is 10.2. The van der Waals surface area contributed by atoms with Gasteiger partial charge in [0.25, 0.3) is 0 Å². The summed E-state index contributed by atoms with van der Waals surface area (Å²) in [5.74, 6) is -2.76. The van der Waals surface area contributed by atoms with Gasteiger partial charge < -0.3 is 4.74 Å². The van der Waals surface area contributed by atoms with Crippen LogP contribution in [0.5, 0.6) is 5.75 Å². The zero-order valence-corrected chi connectivity index (χ0v) is 12.3. The predicted molar refractivity (Wildman–Crippen MR) is 77.1 cm³/mol. The van der Waals surface area contributed by atoms with Crippen molar-refractivity contribution in [2.24, 2.45) is 0 Å². The molecule has 0 N–H and O–H groups in total. The number of nitrogens with zero attached hydrogens (tertiary/aromatic N) is 1. The van der Waals surface area contributed by atoms with Crippen molar-refractivity contribution in [3.05, 3.63) is 67.3 Å². The lowest BCUT2D eigenvalue weighted by Gasteiger charge is -2.06. The van der Waals surface area contributed by atoms with Crippen LogP contribution in [0.15, 0.2) is 36.4 Å². The van der Waals surface area contributed by atoms with Gasteiger partial charge in [0, 0.05) is 15.7 Å². The van der Waals surface area contributed by atoms with E-state index in [0.29, 0.717) is 0 Å². The molecule has 0 atom stereocenters. The second kappa shape index (κ2) is 6.12. The van der Waals surface area contributed by atoms with E-state index in [-0.39, 0.29) is 9.13 Å². The zero-order valence-electron chi connectivity index (χ0n) is 10.2. The van der Waals surface area contributed by atoms with Crippen LogP contribution in [-0.4, -0.2) is 10.9 Å². The van der Waals surface area contributed by atoms with Gasteiger partial charge in [-0.3, -0.25) is 10.1 Å². The van der Waals surface area contributed by atoms with E-state index in [4.69, 9.17) is 4.74 Å². The topological polar surface area (TPSA) is 69.4 Å². The lowest BCUT2D eigenvalue weighted by atomic mass is 10.2. The summed E-state index contributed by atoms with van der Waals surface area (Å²) in [4.78, 5) is 21.9. The molecule has 0 amide bonds. The van der Waals surface area contributed by atoms with E-state index >= 15 is 0 Å². The Morgan fingerprint density at radius 2 is 1.76 bits per heavy atom. The molecule has 0 heterocycles. The number of ether oxygens (including phenoxy) is 1. The Kier molecular flexibility index (Phi) is 4.46. The number of esters is 1. The van der Waals surface area contributed by atoms with Gasteiger partial charge in [0.1, 0.15) is 11.6 Å². The van der Waals surface area contributed by atoms with Crippen molar-refractivity contribution in [3.8, 4) is 5.75 Å². The lowest BCUT2D eigenvalue weighted by Crippen LogP contribution is -2.11. The molecule has 2 aromatic rings. The second-order valence-electron chi connectivity index (χ2n) is 3.88. The molecule has 2 rings (SSSR count). The molecule has 5 nitrogen and oxygen atoms in total. The Labute approximate surface area is 130 Å². The van der Waals surface area contributed by atoms with Crippen molar-refractivity contribution in [2.75, 3.05) is 0 Å². The van der Waals surface area contributed by atoms with Crippen LogP contribution in [0, 0.1) is 25.3 Å². The number of rotatable bonds is 3. The van der Waals surface area contributed by atoms with Gasteiger partial charge in [-0.1, -0.05) is 0 Å². The summed E-state index contributed by atoms with van der Waals surface area (Å²) in [5.41, 5.74) is -0.516. The fourth-order valence-corrected chi connectivity index (χ4v) is 2.23. The fraction of sp³-hybridized carbons (Fsp3) is 0. The third-order valence-corrected chi connectivity index (χ3v) is 3.36. The average molecular weight is 405 g/mol. The first kappa shape index (κ1) is 15.3. The highest BCUT2D eigenvalue weighted by Gasteiger charge is 2.21. The highest BCUT2D eigenvalue weighted by atomic mass is 127. The highest BCUT2D eigenvalue weighted by Crippen LogP contribution is 2.28. The van der Waals surface area contributed by atoms with E-state index < -0.39 is 34.0 Å². The molecule has 0 aliphatic rings. The van der Waals surface area contributed by atoms with Crippen molar-refractivity contribution >= 4 is 34.2 Å². The van der Waals surface area contributed by atoms with Crippen molar-refractivity contribution in [1.82, 2.24) is 0 Å². The Hall–Kier alpha value is -2.10. The molecule has 0 radical (unpaired) electrons. The molecule has 0 saturated heterocycles. The number of nitro benzene ring substituents is 1. The number of halogens is 3. The Balaban J connectivity index is 2.35. The van der Waals surface area contributed by atoms with Crippen molar-refractivity contribution in [1.29, 1.82) is 0 Å². The predicted octanol–water partition coefficient (Wildman–Crippen LogP) is 3.70. The van der Waals surface area contributed by atoms with Gasteiger partial charge in [0.15, 0.2) is 0 Å². The van der Waals surface area contributed by atoms with Crippen LogP contribution in [0.2, 0.25) is 0 Å². The standard InChI is InChI=1S/C13H6F2INO4/c14-7-1-3-9(10(16)5-7)13(18)21-12-6-8(15)2-4-11(12)17(19)20/h1-6H. The lowest BCUT2D eigenvalue weighted by molar-refractivity contribution is -0.385. The van der Waals surface area contributed by atoms with E-state index in [1.165, 1.54) is 6.07 Å². The van der Waals surface area contributed by atoms with E-state index in [1.807, 2.05) is 0 Å². The fourth-order valence-electron chi connectivity index (χ4n) is 1.53. The first-order chi connectivity index (χ1) is 9.88. The van der Waals surface area contributed by atoms with Gasteiger partial charge in [0.05, 0.1) is 10.5 Å². The van der Waals surface area contributed by atoms with Crippen LogP contribution >= 0.6 is 22.6 Å². The first-order valence-corrected chi connectivity index (χ1v) is 6.57. The van der Waals surface area contributed by atoms with Gasteiger partial charge >= 0.3 is 11.7 Å². The van der Waals surface area contributed by atoms with Crippen molar-refractivity contribution < 1.29 is 23.2 Å². The molecule has 0 saturated carbocycles. The Bertz CT molecular complexity index is 736. The highest BCUT2D eigenvalue weighted by molar-refractivity contribution is 14.1. The molecule has 0 aromatic heterocycles. The molecule has 0 bridgehead atoms. The van der Waals surface area contributed by atoms with E-state index in [1.54, 1.807) is 22.6 Å². The maximum absolute atomic E-state index is 13.1. The average Bonchev–Trinajstić information content (AvgIpc) is 2.37. The molecule has 21 heavy (non-hydrogen) atoms. The van der Waals surface area contributed by atoms with Crippen LogP contribution in [0.25, 0.3) is 0 Å². The van der Waals surface area contributed by atoms with Crippen LogP contribution in [0.1, 0.15) is 10.4 Å². The van der Waals surface area contributed by atoms with Crippen molar-refractivity contribution in [3.63, 3.8) is 0 Å². The Morgan fingerprint density at radius 3 is 2.38 bits per heavy atom. The molecule has 2 aromatic carbocycles. The summed E-state index contributed by atoms with van der Waals surface area (Å²) in [5, 5.41) is 10.8. The van der Waals surface area contributed by atoms with E-state index in [9.17, 15) is 23.7 Å². The largest absolute Gasteiger partial charge is 0.415 e. The number of hydrogen-bond acceptors (Lipinski definition) is 4. The van der Waals surface area contributed by atoms with Crippen LogP contribution in [-0.2, 0) is 0 Å². The minimum Gasteiger partial charge on any atom is -0.415 e. The minimum absolute atomic E-state index is 0.0237. The van der Waals surface area contributed by atoms with Gasteiger partial charge in [0.2, 0.25) is 5.75 Å². The first-order valence-electron chi connectivity index (χ1n) is 5.49. The SMILES string of the molecule is O=C(Oc1cc(F)ccc1[N+](=O)[O-])c1ccc(F)cc1I. The molecule has 8 heteroatoms. The minimum atomic E-state index is -0.937. The maximum Gasteiger partial charge on any atom is 0.344 e. The molecule has 0 spiro atoms. The van der Waals surface area contributed by atoms with E-state index in [0.717, 1.165) is 30.3 Å². The van der Waals surface area contributed by atoms with Crippen LogP contribution in [0.3, 0.4) is 0 Å². The Morgan fingerprint density at radius 1 is 1.14 bits per heavy atom. The molecule has 0 unspecified atom stereocenters. The molecule has 0 aliphatic carbocycles. The number of carbonyl (C=O) groups is 1. The zero-order chi connectivity index (χ0) is 15.6. The summed E-state index contributed by atoms with van der Waals surface area (Å²) in [6.07, 6.45) is 0. The second-order valence-corrected chi connectivity index (χ2v) is 5.05. The van der Waals surface area contributed by atoms with Gasteiger partial charge in [-0.05, 0) is 46.9 Å². The number of hydrogen-bond donors (Lipinski definition) is 0. The number of benzene rings is 2. The van der Waals surface area contributed by atoms with Gasteiger partial charge in [-0.25, -0.2) is 13.6 Å². The molecule has 0 fully saturated rings. The summed E-state index contributed by atoms with van der Waals surface area (Å²) in [6.45, 7) is 0. The number of carbonyl (C=O) groups excluding carboxylic acids is 1. The molecule has 0 aliphatic heterocycles. The van der Waals surface area contributed by atoms with Crippen molar-refractivity contribution in [2.45, 2.75) is 0 Å².